The van der Waals surface area contributed by atoms with E-state index >= 15 is 0 Å². The Kier molecular flexibility index (Phi) is 5.91. The Morgan fingerprint density at radius 1 is 1.24 bits per heavy atom. The van der Waals surface area contributed by atoms with E-state index in [0.29, 0.717) is 11.3 Å². The molecule has 1 aromatic heterocycles. The highest BCUT2D eigenvalue weighted by Crippen LogP contribution is 2.36. The Hall–Kier alpha value is -1.84. The van der Waals surface area contributed by atoms with Crippen LogP contribution in [0.25, 0.3) is 0 Å². The molecule has 0 aliphatic carbocycles. The van der Waals surface area contributed by atoms with Gasteiger partial charge < -0.3 is 4.74 Å². The van der Waals surface area contributed by atoms with Gasteiger partial charge in [0.1, 0.15) is 4.88 Å². The van der Waals surface area contributed by atoms with Gasteiger partial charge in [0, 0.05) is 15.6 Å². The van der Waals surface area contributed by atoms with Gasteiger partial charge in [0.25, 0.3) is 5.91 Å². The molecule has 2 rings (SSSR count). The molecule has 0 aliphatic heterocycles. The van der Waals surface area contributed by atoms with Crippen molar-refractivity contribution in [2.75, 3.05) is 11.9 Å². The Bertz CT molecular complexity index is 804. The zero-order chi connectivity index (χ0) is 18.8. The monoisotopic (exact) mass is 412 g/mol. The molecule has 0 aliphatic rings. The lowest BCUT2D eigenvalue weighted by Gasteiger charge is -2.05. The molecule has 134 valence electrons. The Labute approximate surface area is 153 Å². The van der Waals surface area contributed by atoms with Crippen molar-refractivity contribution >= 4 is 51.5 Å². The molecule has 25 heavy (non-hydrogen) atoms. The Balaban J connectivity index is 2.33. The van der Waals surface area contributed by atoms with E-state index in [0.717, 1.165) is 0 Å². The molecule has 1 aromatic carbocycles. The number of carbonyl (C=O) groups is 2. The van der Waals surface area contributed by atoms with Crippen LogP contribution in [0.15, 0.2) is 18.2 Å². The van der Waals surface area contributed by atoms with Crippen molar-refractivity contribution in [2.24, 2.45) is 0 Å². The molecular formula is C14H9Cl2F3N2O3S. The zero-order valence-electron chi connectivity index (χ0n) is 12.4. The van der Waals surface area contributed by atoms with Crippen LogP contribution in [0.1, 0.15) is 32.6 Å². The van der Waals surface area contributed by atoms with Gasteiger partial charge in [0.05, 0.1) is 6.61 Å². The third kappa shape index (κ3) is 4.83. The minimum Gasteiger partial charge on any atom is -0.462 e. The number of hydrogen-bond donors (Lipinski definition) is 1. The second kappa shape index (κ2) is 7.59. The summed E-state index contributed by atoms with van der Waals surface area (Å²) >= 11 is 11.9. The lowest BCUT2D eigenvalue weighted by Crippen LogP contribution is -2.14. The maximum absolute atomic E-state index is 13.0. The van der Waals surface area contributed by atoms with Gasteiger partial charge in [-0.15, -0.1) is 0 Å². The minimum absolute atomic E-state index is 0.0268. The quantitative estimate of drug-likeness (QED) is 0.725. The average Bonchev–Trinajstić information content (AvgIpc) is 2.90. The fourth-order valence-corrected chi connectivity index (χ4v) is 3.16. The zero-order valence-corrected chi connectivity index (χ0v) is 14.7. The summed E-state index contributed by atoms with van der Waals surface area (Å²) in [5, 5.41) is 2.14. The van der Waals surface area contributed by atoms with Gasteiger partial charge in [0.15, 0.2) is 10.8 Å². The SMILES string of the molecule is CCOC(=O)c1sc(NC(=O)c2cc(Cl)cc(Cl)c2)nc1C(F)(F)F. The molecule has 0 bridgehead atoms. The van der Waals surface area contributed by atoms with Crippen LogP contribution in [-0.2, 0) is 10.9 Å². The molecule has 5 nitrogen and oxygen atoms in total. The molecule has 0 atom stereocenters. The van der Waals surface area contributed by atoms with Crippen LogP contribution in [0.4, 0.5) is 18.3 Å². The number of anilines is 1. The van der Waals surface area contributed by atoms with Crippen LogP contribution in [0.2, 0.25) is 10.0 Å². The maximum Gasteiger partial charge on any atom is 0.435 e. The van der Waals surface area contributed by atoms with Crippen LogP contribution >= 0.6 is 34.5 Å². The van der Waals surface area contributed by atoms with Gasteiger partial charge in [-0.25, -0.2) is 9.78 Å². The first-order valence-electron chi connectivity index (χ1n) is 6.64. The smallest absolute Gasteiger partial charge is 0.435 e. The summed E-state index contributed by atoms with van der Waals surface area (Å²) in [6.07, 6.45) is -4.87. The number of halogens is 5. The van der Waals surface area contributed by atoms with Gasteiger partial charge in [-0.2, -0.15) is 13.2 Å². The summed E-state index contributed by atoms with van der Waals surface area (Å²) in [5.74, 6) is -1.94. The number of nitrogens with zero attached hydrogens (tertiary/aromatic N) is 1. The van der Waals surface area contributed by atoms with Crippen LogP contribution < -0.4 is 5.32 Å². The summed E-state index contributed by atoms with van der Waals surface area (Å²) in [5.41, 5.74) is -1.39. The molecular weight excluding hydrogens is 404 g/mol. The summed E-state index contributed by atoms with van der Waals surface area (Å²) < 4.78 is 43.6. The van der Waals surface area contributed by atoms with Crippen LogP contribution in [0, 0.1) is 0 Å². The first kappa shape index (κ1) is 19.5. The Morgan fingerprint density at radius 2 is 1.84 bits per heavy atom. The van der Waals surface area contributed by atoms with Gasteiger partial charge in [-0.1, -0.05) is 34.5 Å². The van der Waals surface area contributed by atoms with Gasteiger partial charge in [-0.05, 0) is 25.1 Å². The van der Waals surface area contributed by atoms with Crippen molar-refractivity contribution < 1.29 is 27.5 Å². The fourth-order valence-electron chi connectivity index (χ4n) is 1.75. The van der Waals surface area contributed by atoms with Crippen molar-refractivity contribution in [3.8, 4) is 0 Å². The number of rotatable bonds is 4. The molecule has 2 aromatic rings. The largest absolute Gasteiger partial charge is 0.462 e. The highest BCUT2D eigenvalue weighted by Gasteiger charge is 2.40. The van der Waals surface area contributed by atoms with E-state index in [1.54, 1.807) is 0 Å². The number of hydrogen-bond acceptors (Lipinski definition) is 5. The highest BCUT2D eigenvalue weighted by molar-refractivity contribution is 7.17. The van der Waals surface area contributed by atoms with Gasteiger partial charge in [0.2, 0.25) is 0 Å². The average molecular weight is 413 g/mol. The third-order valence-corrected chi connectivity index (χ3v) is 4.09. The number of ether oxygens (including phenoxy) is 1. The molecule has 11 heteroatoms. The molecule has 0 radical (unpaired) electrons. The standard InChI is InChI=1S/C14H9Cl2F3N2O3S/c1-2-24-12(23)9-10(14(17,18)19)20-13(25-9)21-11(22)6-3-7(15)5-8(16)4-6/h3-5H,2H2,1H3,(H,20,21,22). The van der Waals surface area contributed by atoms with E-state index < -0.39 is 33.8 Å². The number of carbonyl (C=O) groups excluding carboxylic acids is 2. The summed E-state index contributed by atoms with van der Waals surface area (Å²) in [6, 6.07) is 3.96. The molecule has 1 N–H and O–H groups in total. The van der Waals surface area contributed by atoms with Crippen molar-refractivity contribution in [3.05, 3.63) is 44.4 Å². The summed E-state index contributed by atoms with van der Waals surface area (Å²) in [7, 11) is 0. The van der Waals surface area contributed by atoms with E-state index in [9.17, 15) is 22.8 Å². The molecule has 0 fully saturated rings. The van der Waals surface area contributed by atoms with E-state index in [-0.39, 0.29) is 22.2 Å². The van der Waals surface area contributed by atoms with Crippen molar-refractivity contribution in [1.82, 2.24) is 4.98 Å². The minimum atomic E-state index is -4.87. The predicted molar refractivity (Wildman–Crippen MR) is 87.5 cm³/mol. The van der Waals surface area contributed by atoms with E-state index in [1.807, 2.05) is 0 Å². The molecule has 0 saturated carbocycles. The Morgan fingerprint density at radius 3 is 2.36 bits per heavy atom. The highest BCUT2D eigenvalue weighted by atomic mass is 35.5. The van der Waals surface area contributed by atoms with E-state index in [4.69, 9.17) is 23.2 Å². The molecule has 1 heterocycles. The normalized spacial score (nSPS) is 11.3. The second-order valence-corrected chi connectivity index (χ2v) is 6.40. The van der Waals surface area contributed by atoms with E-state index in [1.165, 1.54) is 25.1 Å². The third-order valence-electron chi connectivity index (χ3n) is 2.70. The maximum atomic E-state index is 13.0. The first-order valence-corrected chi connectivity index (χ1v) is 8.21. The van der Waals surface area contributed by atoms with Gasteiger partial charge >= 0.3 is 12.1 Å². The summed E-state index contributed by atoms with van der Waals surface area (Å²) in [4.78, 5) is 26.3. The summed E-state index contributed by atoms with van der Waals surface area (Å²) in [6.45, 7) is 1.36. The van der Waals surface area contributed by atoms with Crippen molar-refractivity contribution in [1.29, 1.82) is 0 Å². The molecule has 1 amide bonds. The predicted octanol–water partition coefficient (Wildman–Crippen LogP) is 4.90. The number of amides is 1. The topological polar surface area (TPSA) is 68.3 Å². The van der Waals surface area contributed by atoms with E-state index in [2.05, 4.69) is 15.0 Å². The van der Waals surface area contributed by atoms with Crippen molar-refractivity contribution in [2.45, 2.75) is 13.1 Å². The number of nitrogens with one attached hydrogen (secondary N) is 1. The van der Waals surface area contributed by atoms with Gasteiger partial charge in [-0.3, -0.25) is 10.1 Å². The lowest BCUT2D eigenvalue weighted by atomic mass is 10.2. The lowest BCUT2D eigenvalue weighted by molar-refractivity contribution is -0.141. The van der Waals surface area contributed by atoms with Crippen LogP contribution in [-0.4, -0.2) is 23.5 Å². The number of aromatic nitrogens is 1. The molecule has 0 saturated heterocycles. The number of thiazole rings is 1. The fraction of sp³-hybridized carbons (Fsp3) is 0.214. The number of esters is 1. The van der Waals surface area contributed by atoms with Crippen LogP contribution in [0.3, 0.4) is 0 Å². The molecule has 0 unspecified atom stereocenters. The molecule has 0 spiro atoms. The van der Waals surface area contributed by atoms with Crippen LogP contribution in [0.5, 0.6) is 0 Å². The first-order chi connectivity index (χ1) is 11.6. The second-order valence-electron chi connectivity index (χ2n) is 4.53. The van der Waals surface area contributed by atoms with Crippen molar-refractivity contribution in [3.63, 3.8) is 0 Å². The number of alkyl halides is 3. The number of benzene rings is 1.